The number of halogens is 1. The van der Waals surface area contributed by atoms with Crippen LogP contribution in [0, 0.1) is 0 Å². The van der Waals surface area contributed by atoms with Gasteiger partial charge in [0.25, 0.3) is 0 Å². The van der Waals surface area contributed by atoms with Crippen LogP contribution in [0.4, 0.5) is 5.69 Å². The van der Waals surface area contributed by atoms with Crippen LogP contribution in [0.2, 0.25) is 5.02 Å². The molecule has 1 heterocycles. The summed E-state index contributed by atoms with van der Waals surface area (Å²) in [4.78, 5) is 24.8. The molecule has 1 aromatic rings. The highest BCUT2D eigenvalue weighted by atomic mass is 35.5. The fourth-order valence-electron chi connectivity index (χ4n) is 2.64. The molecule has 1 saturated heterocycles. The number of carboxylic acids is 1. The van der Waals surface area contributed by atoms with Gasteiger partial charge < -0.3 is 10.4 Å². The zero-order valence-corrected chi connectivity index (χ0v) is 12.5. The first-order chi connectivity index (χ1) is 10.1. The highest BCUT2D eigenvalue weighted by molar-refractivity contribution is 6.33. The van der Waals surface area contributed by atoms with E-state index in [1.165, 1.54) is 0 Å². The summed E-state index contributed by atoms with van der Waals surface area (Å²) >= 11 is 5.99. The number of carbonyl (C=O) groups is 2. The summed E-state index contributed by atoms with van der Waals surface area (Å²) < 4.78 is 0. The van der Waals surface area contributed by atoms with Crippen LogP contribution in [0.25, 0.3) is 0 Å². The maximum atomic E-state index is 11.9. The third-order valence-corrected chi connectivity index (χ3v) is 4.01. The Balaban J connectivity index is 1.81. The van der Waals surface area contributed by atoms with Crippen molar-refractivity contribution < 1.29 is 14.7 Å². The van der Waals surface area contributed by atoms with Gasteiger partial charge in [-0.05, 0) is 31.5 Å². The third kappa shape index (κ3) is 4.72. The monoisotopic (exact) mass is 310 g/mol. The quantitative estimate of drug-likeness (QED) is 0.847. The van der Waals surface area contributed by atoms with Crippen LogP contribution in [0.3, 0.4) is 0 Å². The van der Waals surface area contributed by atoms with Gasteiger partial charge in [-0.3, -0.25) is 14.5 Å². The van der Waals surface area contributed by atoms with Gasteiger partial charge in [-0.1, -0.05) is 23.7 Å². The molecule has 1 amide bonds. The lowest BCUT2D eigenvalue weighted by atomic mass is 10.1. The molecule has 0 saturated carbocycles. The van der Waals surface area contributed by atoms with Gasteiger partial charge in [-0.15, -0.1) is 0 Å². The van der Waals surface area contributed by atoms with Gasteiger partial charge in [0, 0.05) is 19.0 Å². The van der Waals surface area contributed by atoms with Crippen LogP contribution in [-0.2, 0) is 9.59 Å². The van der Waals surface area contributed by atoms with E-state index in [1.54, 1.807) is 18.2 Å². The number of nitrogens with zero attached hydrogens (tertiary/aromatic N) is 1. The summed E-state index contributed by atoms with van der Waals surface area (Å²) in [5, 5.41) is 12.2. The number of benzene rings is 1. The maximum Gasteiger partial charge on any atom is 0.304 e. The number of rotatable bonds is 6. The minimum absolute atomic E-state index is 0.0515. The number of anilines is 1. The topological polar surface area (TPSA) is 69.6 Å². The zero-order chi connectivity index (χ0) is 15.2. The maximum absolute atomic E-state index is 11.9. The second-order valence-electron chi connectivity index (χ2n) is 5.21. The molecule has 0 spiro atoms. The molecule has 1 atom stereocenters. The van der Waals surface area contributed by atoms with Crippen molar-refractivity contribution in [2.45, 2.75) is 31.7 Å². The summed E-state index contributed by atoms with van der Waals surface area (Å²) in [6.45, 7) is 1.44. The zero-order valence-electron chi connectivity index (χ0n) is 11.7. The summed E-state index contributed by atoms with van der Waals surface area (Å²) in [5.74, 6) is -0.892. The minimum atomic E-state index is -0.785. The molecule has 1 aliphatic heterocycles. The molecule has 1 aromatic carbocycles. The third-order valence-electron chi connectivity index (χ3n) is 3.68. The molecule has 1 fully saturated rings. The molecular weight excluding hydrogens is 292 g/mol. The molecule has 1 unspecified atom stereocenters. The molecule has 6 heteroatoms. The van der Waals surface area contributed by atoms with Crippen molar-refractivity contribution >= 4 is 29.2 Å². The Morgan fingerprint density at radius 3 is 2.86 bits per heavy atom. The lowest BCUT2D eigenvalue weighted by molar-refractivity contribution is -0.138. The van der Waals surface area contributed by atoms with Gasteiger partial charge in [0.05, 0.1) is 17.1 Å². The highest BCUT2D eigenvalue weighted by Gasteiger charge is 2.26. The predicted molar refractivity (Wildman–Crippen MR) is 81.5 cm³/mol. The standard InChI is InChI=1S/C15H19ClN2O3/c16-12-5-1-2-6-13(12)17-14(19)7-9-18-8-3-4-11(18)10-15(20)21/h1-2,5-6,11H,3-4,7-10H2,(H,17,19)(H,20,21). The normalized spacial score (nSPS) is 18.6. The Morgan fingerprint density at radius 2 is 2.14 bits per heavy atom. The summed E-state index contributed by atoms with van der Waals surface area (Å²) in [6.07, 6.45) is 2.36. The number of amides is 1. The van der Waals surface area contributed by atoms with Crippen molar-refractivity contribution in [1.82, 2.24) is 4.90 Å². The number of hydrogen-bond donors (Lipinski definition) is 2. The SMILES string of the molecule is O=C(O)CC1CCCN1CCC(=O)Nc1ccccc1Cl. The second-order valence-corrected chi connectivity index (χ2v) is 5.62. The number of likely N-dealkylation sites (tertiary alicyclic amines) is 1. The molecule has 21 heavy (non-hydrogen) atoms. The minimum Gasteiger partial charge on any atom is -0.481 e. The number of hydrogen-bond acceptors (Lipinski definition) is 3. The molecule has 2 rings (SSSR count). The molecule has 0 radical (unpaired) electrons. The van der Waals surface area contributed by atoms with E-state index in [2.05, 4.69) is 10.2 Å². The summed E-state index contributed by atoms with van der Waals surface area (Å²) in [5.41, 5.74) is 0.604. The van der Waals surface area contributed by atoms with E-state index in [4.69, 9.17) is 16.7 Å². The largest absolute Gasteiger partial charge is 0.481 e. The first kappa shape index (κ1) is 15.8. The van der Waals surface area contributed by atoms with Crippen LogP contribution < -0.4 is 5.32 Å². The number of para-hydroxylation sites is 1. The fraction of sp³-hybridized carbons (Fsp3) is 0.467. The Hall–Kier alpha value is -1.59. The van der Waals surface area contributed by atoms with E-state index in [0.717, 1.165) is 19.4 Å². The van der Waals surface area contributed by atoms with Gasteiger partial charge >= 0.3 is 5.97 Å². The second kappa shape index (κ2) is 7.43. The highest BCUT2D eigenvalue weighted by Crippen LogP contribution is 2.22. The first-order valence-corrected chi connectivity index (χ1v) is 7.44. The van der Waals surface area contributed by atoms with Gasteiger partial charge in [0.2, 0.25) is 5.91 Å². The van der Waals surface area contributed by atoms with Gasteiger partial charge in [0.1, 0.15) is 0 Å². The molecule has 2 N–H and O–H groups in total. The molecule has 5 nitrogen and oxygen atoms in total. The van der Waals surface area contributed by atoms with Gasteiger partial charge in [-0.2, -0.15) is 0 Å². The molecular formula is C15H19ClN2O3. The average molecular weight is 311 g/mol. The Morgan fingerprint density at radius 1 is 1.38 bits per heavy atom. The average Bonchev–Trinajstić information content (AvgIpc) is 2.85. The van der Waals surface area contributed by atoms with Crippen LogP contribution >= 0.6 is 11.6 Å². The van der Waals surface area contributed by atoms with Gasteiger partial charge in [-0.25, -0.2) is 0 Å². The lowest BCUT2D eigenvalue weighted by Gasteiger charge is -2.22. The van der Waals surface area contributed by atoms with Gasteiger partial charge in [0.15, 0.2) is 0 Å². The summed E-state index contributed by atoms with van der Waals surface area (Å²) in [7, 11) is 0. The summed E-state index contributed by atoms with van der Waals surface area (Å²) in [6, 6.07) is 7.14. The van der Waals surface area contributed by atoms with Crippen molar-refractivity contribution in [3.05, 3.63) is 29.3 Å². The number of carboxylic acid groups (broad SMARTS) is 1. The predicted octanol–water partition coefficient (Wildman–Crippen LogP) is 2.61. The lowest BCUT2D eigenvalue weighted by Crippen LogP contribution is -2.33. The van der Waals surface area contributed by atoms with Crippen LogP contribution in [0.15, 0.2) is 24.3 Å². The van der Waals surface area contributed by atoms with Crippen LogP contribution in [-0.4, -0.2) is 41.0 Å². The van der Waals surface area contributed by atoms with Crippen molar-refractivity contribution in [3.63, 3.8) is 0 Å². The molecule has 1 aliphatic rings. The smallest absolute Gasteiger partial charge is 0.304 e. The Bertz CT molecular complexity index is 521. The number of carbonyl (C=O) groups excluding carboxylic acids is 1. The molecule has 0 bridgehead atoms. The van der Waals surface area contributed by atoms with E-state index in [9.17, 15) is 9.59 Å². The van der Waals surface area contributed by atoms with Crippen molar-refractivity contribution in [2.75, 3.05) is 18.4 Å². The van der Waals surface area contributed by atoms with E-state index in [-0.39, 0.29) is 18.4 Å². The number of nitrogens with one attached hydrogen (secondary N) is 1. The van der Waals surface area contributed by atoms with Crippen molar-refractivity contribution in [3.8, 4) is 0 Å². The van der Waals surface area contributed by atoms with Crippen molar-refractivity contribution in [2.24, 2.45) is 0 Å². The number of aliphatic carboxylic acids is 1. The van der Waals surface area contributed by atoms with Crippen LogP contribution in [0.5, 0.6) is 0 Å². The Labute approximate surface area is 128 Å². The molecule has 0 aliphatic carbocycles. The van der Waals surface area contributed by atoms with Crippen molar-refractivity contribution in [1.29, 1.82) is 0 Å². The Kier molecular flexibility index (Phi) is 5.59. The van der Waals surface area contributed by atoms with E-state index < -0.39 is 5.97 Å². The van der Waals surface area contributed by atoms with Crippen LogP contribution in [0.1, 0.15) is 25.7 Å². The fourth-order valence-corrected chi connectivity index (χ4v) is 2.83. The van der Waals surface area contributed by atoms with E-state index in [1.807, 2.05) is 6.07 Å². The molecule has 0 aromatic heterocycles. The van der Waals surface area contributed by atoms with E-state index in [0.29, 0.717) is 23.7 Å². The van der Waals surface area contributed by atoms with E-state index >= 15 is 0 Å². The molecule has 114 valence electrons. The first-order valence-electron chi connectivity index (χ1n) is 7.06.